The van der Waals surface area contributed by atoms with Gasteiger partial charge in [-0.25, -0.2) is 4.98 Å². The lowest BCUT2D eigenvalue weighted by Gasteiger charge is -2.08. The molecular weight excluding hydrogens is 250 g/mol. The first kappa shape index (κ1) is 12.5. The van der Waals surface area contributed by atoms with Crippen molar-refractivity contribution in [1.82, 2.24) is 15.0 Å². The van der Waals surface area contributed by atoms with Gasteiger partial charge in [0.25, 0.3) is 5.56 Å². The van der Waals surface area contributed by atoms with Crippen LogP contribution in [0.2, 0.25) is 0 Å². The van der Waals surface area contributed by atoms with E-state index >= 15 is 0 Å². The molecule has 100 valence electrons. The molecule has 20 heavy (non-hydrogen) atoms. The number of nitrogens with zero attached hydrogens (tertiary/aromatic N) is 2. The number of pyridine rings is 1. The molecular formula is C16H15N3O. The first-order valence-corrected chi connectivity index (χ1v) is 6.64. The van der Waals surface area contributed by atoms with Crippen LogP contribution in [0.3, 0.4) is 0 Å². The Bertz CT molecular complexity index is 831. The molecule has 0 radical (unpaired) electrons. The Morgan fingerprint density at radius 1 is 1.20 bits per heavy atom. The van der Waals surface area contributed by atoms with E-state index in [9.17, 15) is 4.79 Å². The number of aromatic amines is 1. The highest BCUT2D eigenvalue weighted by molar-refractivity contribution is 5.92. The van der Waals surface area contributed by atoms with Gasteiger partial charge in [-0.2, -0.15) is 0 Å². The van der Waals surface area contributed by atoms with Crippen LogP contribution in [-0.2, 0) is 6.42 Å². The fourth-order valence-electron chi connectivity index (χ4n) is 2.35. The monoisotopic (exact) mass is 265 g/mol. The fraction of sp³-hybridized carbons (Fsp3) is 0.188. The lowest BCUT2D eigenvalue weighted by atomic mass is 10.1. The molecule has 1 N–H and O–H groups in total. The zero-order valence-corrected chi connectivity index (χ0v) is 11.5. The highest BCUT2D eigenvalue weighted by atomic mass is 16.1. The second-order valence-corrected chi connectivity index (χ2v) is 4.72. The van der Waals surface area contributed by atoms with Gasteiger partial charge in [0, 0.05) is 22.7 Å². The second kappa shape index (κ2) is 4.89. The number of rotatable bonds is 2. The minimum Gasteiger partial charge on any atom is -0.306 e. The SMILES string of the molecule is CCc1nc(-c2ccnc3ccccc23)[nH]c(=O)c1C. The molecule has 2 aromatic heterocycles. The zero-order valence-electron chi connectivity index (χ0n) is 11.5. The van der Waals surface area contributed by atoms with Crippen LogP contribution >= 0.6 is 0 Å². The van der Waals surface area contributed by atoms with Crippen LogP contribution in [0.5, 0.6) is 0 Å². The third kappa shape index (κ3) is 1.99. The normalized spacial score (nSPS) is 10.9. The Morgan fingerprint density at radius 3 is 2.80 bits per heavy atom. The number of fused-ring (bicyclic) bond motifs is 1. The molecule has 0 saturated heterocycles. The first-order chi connectivity index (χ1) is 9.70. The summed E-state index contributed by atoms with van der Waals surface area (Å²) in [5.74, 6) is 0.607. The summed E-state index contributed by atoms with van der Waals surface area (Å²) in [6.07, 6.45) is 2.48. The third-order valence-electron chi connectivity index (χ3n) is 3.49. The van der Waals surface area contributed by atoms with E-state index < -0.39 is 0 Å². The van der Waals surface area contributed by atoms with Crippen LogP contribution in [0.15, 0.2) is 41.3 Å². The number of aromatic nitrogens is 3. The summed E-state index contributed by atoms with van der Waals surface area (Å²) >= 11 is 0. The number of hydrogen-bond donors (Lipinski definition) is 1. The van der Waals surface area contributed by atoms with Crippen molar-refractivity contribution in [3.05, 3.63) is 58.1 Å². The average Bonchev–Trinajstić information content (AvgIpc) is 2.49. The Kier molecular flexibility index (Phi) is 3.06. The minimum atomic E-state index is -0.0762. The van der Waals surface area contributed by atoms with Gasteiger partial charge in [0.15, 0.2) is 0 Å². The lowest BCUT2D eigenvalue weighted by molar-refractivity contribution is 0.955. The molecule has 0 spiro atoms. The summed E-state index contributed by atoms with van der Waals surface area (Å²) < 4.78 is 0. The zero-order chi connectivity index (χ0) is 14.1. The molecule has 2 heterocycles. The van der Waals surface area contributed by atoms with Crippen LogP contribution in [-0.4, -0.2) is 15.0 Å². The quantitative estimate of drug-likeness (QED) is 0.775. The molecule has 0 aliphatic rings. The van der Waals surface area contributed by atoms with E-state index in [1.54, 1.807) is 13.1 Å². The summed E-state index contributed by atoms with van der Waals surface area (Å²) in [7, 11) is 0. The van der Waals surface area contributed by atoms with E-state index in [0.29, 0.717) is 11.4 Å². The summed E-state index contributed by atoms with van der Waals surface area (Å²) in [6.45, 7) is 3.81. The molecule has 0 bridgehead atoms. The van der Waals surface area contributed by atoms with E-state index in [2.05, 4.69) is 15.0 Å². The van der Waals surface area contributed by atoms with Gasteiger partial charge in [-0.1, -0.05) is 25.1 Å². The Hall–Kier alpha value is -2.49. The van der Waals surface area contributed by atoms with Crippen molar-refractivity contribution >= 4 is 10.9 Å². The molecule has 0 aliphatic heterocycles. The Balaban J connectivity index is 2.31. The maximum atomic E-state index is 12.0. The van der Waals surface area contributed by atoms with Gasteiger partial charge in [0.1, 0.15) is 5.82 Å². The summed E-state index contributed by atoms with van der Waals surface area (Å²) in [5.41, 5.74) is 3.25. The van der Waals surface area contributed by atoms with Crippen molar-refractivity contribution < 1.29 is 0 Å². The van der Waals surface area contributed by atoms with E-state index in [1.807, 2.05) is 37.3 Å². The van der Waals surface area contributed by atoms with Gasteiger partial charge < -0.3 is 4.98 Å². The van der Waals surface area contributed by atoms with E-state index in [4.69, 9.17) is 0 Å². The van der Waals surface area contributed by atoms with Gasteiger partial charge >= 0.3 is 0 Å². The highest BCUT2D eigenvalue weighted by Crippen LogP contribution is 2.24. The van der Waals surface area contributed by atoms with Crippen molar-refractivity contribution in [3.8, 4) is 11.4 Å². The van der Waals surface area contributed by atoms with Gasteiger partial charge in [0.2, 0.25) is 0 Å². The van der Waals surface area contributed by atoms with Crippen LogP contribution in [0.4, 0.5) is 0 Å². The number of aryl methyl sites for hydroxylation is 1. The van der Waals surface area contributed by atoms with E-state index in [1.165, 1.54) is 0 Å². The number of hydrogen-bond acceptors (Lipinski definition) is 3. The third-order valence-corrected chi connectivity index (χ3v) is 3.49. The number of para-hydroxylation sites is 1. The van der Waals surface area contributed by atoms with E-state index in [0.717, 1.165) is 28.6 Å². The number of nitrogens with one attached hydrogen (secondary N) is 1. The number of H-pyrrole nitrogens is 1. The second-order valence-electron chi connectivity index (χ2n) is 4.72. The van der Waals surface area contributed by atoms with Crippen LogP contribution in [0, 0.1) is 6.92 Å². The number of benzene rings is 1. The standard InChI is InChI=1S/C16H15N3O/c1-3-13-10(2)16(20)19-15(18-13)12-8-9-17-14-7-5-4-6-11(12)14/h4-9H,3H2,1-2H3,(H,18,19,20). The molecule has 3 rings (SSSR count). The summed E-state index contributed by atoms with van der Waals surface area (Å²) in [6, 6.07) is 9.73. The fourth-order valence-corrected chi connectivity index (χ4v) is 2.35. The average molecular weight is 265 g/mol. The molecule has 1 aromatic carbocycles. The minimum absolute atomic E-state index is 0.0762. The van der Waals surface area contributed by atoms with Crippen LogP contribution < -0.4 is 5.56 Å². The topological polar surface area (TPSA) is 58.6 Å². The maximum absolute atomic E-state index is 12.0. The molecule has 0 aliphatic carbocycles. The smallest absolute Gasteiger partial charge is 0.254 e. The molecule has 4 nitrogen and oxygen atoms in total. The van der Waals surface area contributed by atoms with Crippen LogP contribution in [0.25, 0.3) is 22.3 Å². The van der Waals surface area contributed by atoms with Gasteiger partial charge in [-0.3, -0.25) is 9.78 Å². The van der Waals surface area contributed by atoms with Gasteiger partial charge in [-0.15, -0.1) is 0 Å². The predicted octanol–water partition coefficient (Wildman–Crippen LogP) is 2.86. The summed E-state index contributed by atoms with van der Waals surface area (Å²) in [4.78, 5) is 23.8. The molecule has 3 aromatic rings. The maximum Gasteiger partial charge on any atom is 0.254 e. The predicted molar refractivity (Wildman–Crippen MR) is 79.7 cm³/mol. The van der Waals surface area contributed by atoms with E-state index in [-0.39, 0.29) is 5.56 Å². The lowest BCUT2D eigenvalue weighted by Crippen LogP contribution is -2.15. The largest absolute Gasteiger partial charge is 0.306 e. The van der Waals surface area contributed by atoms with Crippen molar-refractivity contribution in [1.29, 1.82) is 0 Å². The van der Waals surface area contributed by atoms with Gasteiger partial charge in [-0.05, 0) is 25.5 Å². The summed E-state index contributed by atoms with van der Waals surface area (Å²) in [5, 5.41) is 0.990. The Labute approximate surface area is 116 Å². The molecule has 0 unspecified atom stereocenters. The molecule has 0 saturated carbocycles. The van der Waals surface area contributed by atoms with Crippen molar-refractivity contribution in [2.24, 2.45) is 0 Å². The van der Waals surface area contributed by atoms with Crippen LogP contribution in [0.1, 0.15) is 18.2 Å². The van der Waals surface area contributed by atoms with Gasteiger partial charge in [0.05, 0.1) is 11.2 Å². The molecule has 4 heteroatoms. The Morgan fingerprint density at radius 2 is 2.00 bits per heavy atom. The first-order valence-electron chi connectivity index (χ1n) is 6.64. The molecule has 0 fully saturated rings. The van der Waals surface area contributed by atoms with Crippen molar-refractivity contribution in [3.63, 3.8) is 0 Å². The highest BCUT2D eigenvalue weighted by Gasteiger charge is 2.10. The molecule has 0 amide bonds. The molecule has 0 atom stereocenters. The van der Waals surface area contributed by atoms with Crippen molar-refractivity contribution in [2.45, 2.75) is 20.3 Å². The van der Waals surface area contributed by atoms with Crippen molar-refractivity contribution in [2.75, 3.05) is 0 Å².